The number of carbonyl (C=O) groups excluding carboxylic acids is 1. The quantitative estimate of drug-likeness (QED) is 0.188. The van der Waals surface area contributed by atoms with Crippen molar-refractivity contribution >= 4 is 12.0 Å². The molecule has 0 aliphatic carbocycles. The van der Waals surface area contributed by atoms with Crippen molar-refractivity contribution in [1.29, 1.82) is 5.41 Å². The van der Waals surface area contributed by atoms with Crippen LogP contribution in [0.4, 0.5) is 0 Å². The van der Waals surface area contributed by atoms with Gasteiger partial charge in [-0.2, -0.15) is 0 Å². The number of unbranched alkanes of at least 4 members (excludes halogenated alkanes) is 1. The maximum absolute atomic E-state index is 10.9. The predicted octanol–water partition coefficient (Wildman–Crippen LogP) is -1.12. The van der Waals surface area contributed by atoms with E-state index in [4.69, 9.17) is 22.6 Å². The molecule has 0 saturated carbocycles. The van der Waals surface area contributed by atoms with Crippen LogP contribution in [0.5, 0.6) is 0 Å². The molecule has 0 aromatic carbocycles. The van der Waals surface area contributed by atoms with Crippen molar-refractivity contribution < 1.29 is 9.53 Å². The topological polar surface area (TPSA) is 128 Å². The third kappa shape index (κ3) is 6.06. The first-order valence-electron chi connectivity index (χ1n) is 4.09. The summed E-state index contributed by atoms with van der Waals surface area (Å²) in [4.78, 5) is 10.9. The fraction of sp³-hybridized carbons (Fsp3) is 0.714. The molecule has 13 heavy (non-hydrogen) atoms. The van der Waals surface area contributed by atoms with Gasteiger partial charge in [-0.1, -0.05) is 6.42 Å². The van der Waals surface area contributed by atoms with Crippen molar-refractivity contribution in [2.75, 3.05) is 6.54 Å². The fourth-order valence-corrected chi connectivity index (χ4v) is 0.810. The SMILES string of the molecule is N=C(N)OC(=O)[C@@H](N)CCCCN. The predicted molar refractivity (Wildman–Crippen MR) is 48.9 cm³/mol. The Hall–Kier alpha value is -1.14. The second-order valence-corrected chi connectivity index (χ2v) is 2.68. The van der Waals surface area contributed by atoms with E-state index < -0.39 is 18.0 Å². The minimum atomic E-state index is -0.713. The number of ether oxygens (including phenoxy) is 1. The molecule has 0 aliphatic rings. The first-order valence-corrected chi connectivity index (χ1v) is 4.09. The normalized spacial score (nSPS) is 12.2. The zero-order valence-electron chi connectivity index (χ0n) is 7.45. The number of hydrogen-bond donors (Lipinski definition) is 4. The lowest BCUT2D eigenvalue weighted by atomic mass is 10.1. The molecule has 0 spiro atoms. The number of esters is 1. The van der Waals surface area contributed by atoms with Crippen LogP contribution in [0.2, 0.25) is 0 Å². The zero-order chi connectivity index (χ0) is 10.3. The first kappa shape index (κ1) is 11.9. The summed E-state index contributed by atoms with van der Waals surface area (Å²) in [5.74, 6) is -0.662. The van der Waals surface area contributed by atoms with Gasteiger partial charge in [0.05, 0.1) is 0 Å². The van der Waals surface area contributed by atoms with Gasteiger partial charge in [-0.3, -0.25) is 5.41 Å². The highest BCUT2D eigenvalue weighted by Gasteiger charge is 2.15. The zero-order valence-corrected chi connectivity index (χ0v) is 7.45. The summed E-state index contributed by atoms with van der Waals surface area (Å²) in [5.41, 5.74) is 15.5. The molecule has 0 fully saturated rings. The molecule has 1 atom stereocenters. The van der Waals surface area contributed by atoms with Crippen molar-refractivity contribution in [3.63, 3.8) is 0 Å². The van der Waals surface area contributed by atoms with Crippen LogP contribution in [-0.2, 0) is 9.53 Å². The van der Waals surface area contributed by atoms with Gasteiger partial charge < -0.3 is 21.9 Å². The largest absolute Gasteiger partial charge is 0.392 e. The lowest BCUT2D eigenvalue weighted by Gasteiger charge is -2.08. The molecule has 0 saturated heterocycles. The van der Waals surface area contributed by atoms with E-state index >= 15 is 0 Å². The molecule has 6 heteroatoms. The summed E-state index contributed by atoms with van der Waals surface area (Å²) >= 11 is 0. The fourth-order valence-electron chi connectivity index (χ4n) is 0.810. The van der Waals surface area contributed by atoms with E-state index in [1.807, 2.05) is 0 Å². The maximum atomic E-state index is 10.9. The summed E-state index contributed by atoms with van der Waals surface area (Å²) < 4.78 is 4.31. The van der Waals surface area contributed by atoms with Crippen LogP contribution in [0.15, 0.2) is 0 Å². The van der Waals surface area contributed by atoms with Crippen molar-refractivity contribution in [3.8, 4) is 0 Å². The molecule has 0 bridgehead atoms. The van der Waals surface area contributed by atoms with Crippen molar-refractivity contribution in [2.24, 2.45) is 17.2 Å². The Morgan fingerprint density at radius 1 is 1.46 bits per heavy atom. The van der Waals surface area contributed by atoms with Crippen molar-refractivity contribution in [3.05, 3.63) is 0 Å². The summed E-state index contributed by atoms with van der Waals surface area (Å²) in [6.45, 7) is 0.578. The van der Waals surface area contributed by atoms with Crippen LogP contribution in [-0.4, -0.2) is 24.6 Å². The molecule has 0 rings (SSSR count). The third-order valence-corrected chi connectivity index (χ3v) is 1.48. The van der Waals surface area contributed by atoms with Gasteiger partial charge in [0.25, 0.3) is 6.02 Å². The molecule has 0 aromatic heterocycles. The molecule has 76 valence electrons. The van der Waals surface area contributed by atoms with E-state index in [-0.39, 0.29) is 0 Å². The minimum absolute atomic E-state index is 0.503. The molecule has 0 aromatic rings. The third-order valence-electron chi connectivity index (χ3n) is 1.48. The van der Waals surface area contributed by atoms with E-state index in [1.54, 1.807) is 0 Å². The second-order valence-electron chi connectivity index (χ2n) is 2.68. The highest BCUT2D eigenvalue weighted by molar-refractivity contribution is 5.87. The van der Waals surface area contributed by atoms with Crippen LogP contribution >= 0.6 is 0 Å². The minimum Gasteiger partial charge on any atom is -0.392 e. The van der Waals surface area contributed by atoms with Crippen LogP contribution in [0.3, 0.4) is 0 Å². The Balaban J connectivity index is 3.63. The first-order chi connectivity index (χ1) is 6.07. The number of amidine groups is 1. The molecular weight excluding hydrogens is 172 g/mol. The summed E-state index contributed by atoms with van der Waals surface area (Å²) in [6, 6.07) is -1.34. The Morgan fingerprint density at radius 3 is 2.54 bits per heavy atom. The smallest absolute Gasteiger partial charge is 0.330 e. The standard InChI is InChI=1S/C7H16N4O2/c8-4-2-1-3-5(9)6(12)13-7(10)11/h5H,1-4,8-9H2,(H3,10,11)/t5-/m0/s1. The monoisotopic (exact) mass is 188 g/mol. The van der Waals surface area contributed by atoms with Gasteiger partial charge in [0.1, 0.15) is 6.04 Å². The van der Waals surface area contributed by atoms with Crippen molar-refractivity contribution in [2.45, 2.75) is 25.3 Å². The molecule has 0 radical (unpaired) electrons. The second kappa shape index (κ2) is 6.38. The number of rotatable bonds is 5. The van der Waals surface area contributed by atoms with Crippen LogP contribution < -0.4 is 17.2 Å². The summed E-state index contributed by atoms with van der Waals surface area (Å²) in [7, 11) is 0. The highest BCUT2D eigenvalue weighted by Crippen LogP contribution is 1.99. The van der Waals surface area contributed by atoms with Gasteiger partial charge in [0.2, 0.25) is 0 Å². The van der Waals surface area contributed by atoms with Gasteiger partial charge in [-0.25, -0.2) is 4.79 Å². The molecule has 0 amide bonds. The van der Waals surface area contributed by atoms with E-state index in [1.165, 1.54) is 0 Å². The van der Waals surface area contributed by atoms with E-state index in [2.05, 4.69) is 4.74 Å². The average molecular weight is 188 g/mol. The number of carbonyl (C=O) groups is 1. The van der Waals surface area contributed by atoms with Gasteiger partial charge >= 0.3 is 5.97 Å². The molecule has 6 nitrogen and oxygen atoms in total. The maximum Gasteiger partial charge on any atom is 0.330 e. The van der Waals surface area contributed by atoms with E-state index in [0.29, 0.717) is 13.0 Å². The molecular formula is C7H16N4O2. The van der Waals surface area contributed by atoms with Gasteiger partial charge in [0.15, 0.2) is 0 Å². The Kier molecular flexibility index (Phi) is 5.82. The molecule has 7 N–H and O–H groups in total. The van der Waals surface area contributed by atoms with Crippen molar-refractivity contribution in [1.82, 2.24) is 0 Å². The molecule has 0 aliphatic heterocycles. The lowest BCUT2D eigenvalue weighted by Crippen LogP contribution is -2.35. The number of hydrogen-bond acceptors (Lipinski definition) is 5. The van der Waals surface area contributed by atoms with E-state index in [9.17, 15) is 4.79 Å². The van der Waals surface area contributed by atoms with Gasteiger partial charge in [-0.05, 0) is 19.4 Å². The Morgan fingerprint density at radius 2 is 2.08 bits per heavy atom. The molecule has 0 unspecified atom stereocenters. The van der Waals surface area contributed by atoms with Crippen LogP contribution in [0, 0.1) is 5.41 Å². The van der Waals surface area contributed by atoms with Crippen LogP contribution in [0.25, 0.3) is 0 Å². The number of nitrogens with two attached hydrogens (primary N) is 3. The summed E-state index contributed by atoms with van der Waals surface area (Å²) in [5, 5.41) is 6.69. The summed E-state index contributed by atoms with van der Waals surface area (Å²) in [6.07, 6.45) is 2.09. The van der Waals surface area contributed by atoms with Gasteiger partial charge in [-0.15, -0.1) is 0 Å². The van der Waals surface area contributed by atoms with E-state index in [0.717, 1.165) is 12.8 Å². The van der Waals surface area contributed by atoms with Crippen LogP contribution in [0.1, 0.15) is 19.3 Å². The lowest BCUT2D eigenvalue weighted by molar-refractivity contribution is -0.137. The number of nitrogens with one attached hydrogen (secondary N) is 1. The van der Waals surface area contributed by atoms with Gasteiger partial charge in [0, 0.05) is 0 Å². The highest BCUT2D eigenvalue weighted by atomic mass is 16.6. The average Bonchev–Trinajstić information content (AvgIpc) is 2.03. The Bertz CT molecular complexity index is 183. The molecule has 0 heterocycles. The Labute approximate surface area is 76.9 Å².